The minimum atomic E-state index is -0.537. The van der Waals surface area contributed by atoms with Crippen molar-refractivity contribution in [1.29, 1.82) is 0 Å². The van der Waals surface area contributed by atoms with Gasteiger partial charge in [-0.25, -0.2) is 4.39 Å². The number of nitrogens with zero attached hydrogens (tertiary/aromatic N) is 1. The van der Waals surface area contributed by atoms with Crippen LogP contribution >= 0.6 is 0 Å². The van der Waals surface area contributed by atoms with Crippen molar-refractivity contribution in [3.63, 3.8) is 0 Å². The first-order valence-corrected chi connectivity index (χ1v) is 9.31. The Labute approximate surface area is 169 Å². The van der Waals surface area contributed by atoms with Crippen molar-refractivity contribution >= 4 is 11.7 Å². The second-order valence-corrected chi connectivity index (χ2v) is 7.06. The largest absolute Gasteiger partial charge is 0.493 e. The predicted molar refractivity (Wildman–Crippen MR) is 108 cm³/mol. The van der Waals surface area contributed by atoms with Gasteiger partial charge in [0.05, 0.1) is 20.3 Å². The van der Waals surface area contributed by atoms with Gasteiger partial charge in [0.1, 0.15) is 5.82 Å². The third-order valence-electron chi connectivity index (χ3n) is 5.27. The zero-order valence-electron chi connectivity index (χ0n) is 17.0. The number of ketones is 1. The van der Waals surface area contributed by atoms with Gasteiger partial charge in [-0.2, -0.15) is 0 Å². The van der Waals surface area contributed by atoms with E-state index < -0.39 is 6.04 Å². The predicted octanol–water partition coefficient (Wildman–Crippen LogP) is 3.79. The molecule has 5 nitrogen and oxygen atoms in total. The standard InChI is InChI=1S/C23H24FNO4/c1-14-11-20(28-3)21(29-4)13-16(14)12-19(26)18-9-10-22(27)25(2)23(18)15-5-7-17(24)8-6-15/h5-9,11,13,23H,10,12H2,1-4H3. The molecule has 1 heterocycles. The average molecular weight is 397 g/mol. The summed E-state index contributed by atoms with van der Waals surface area (Å²) >= 11 is 0. The zero-order chi connectivity index (χ0) is 21.1. The van der Waals surface area contributed by atoms with E-state index in [-0.39, 0.29) is 30.3 Å². The highest BCUT2D eigenvalue weighted by Gasteiger charge is 2.32. The van der Waals surface area contributed by atoms with Gasteiger partial charge in [-0.05, 0) is 47.9 Å². The summed E-state index contributed by atoms with van der Waals surface area (Å²) in [4.78, 5) is 27.0. The maximum Gasteiger partial charge on any atom is 0.226 e. The molecule has 0 fully saturated rings. The number of methoxy groups -OCH3 is 2. The number of carbonyl (C=O) groups is 2. The maximum absolute atomic E-state index is 13.4. The van der Waals surface area contributed by atoms with Gasteiger partial charge in [-0.1, -0.05) is 18.2 Å². The molecule has 0 N–H and O–H groups in total. The molecule has 6 heteroatoms. The van der Waals surface area contributed by atoms with E-state index in [2.05, 4.69) is 0 Å². The molecule has 1 aliphatic heterocycles. The summed E-state index contributed by atoms with van der Waals surface area (Å²) in [5, 5.41) is 0. The fourth-order valence-electron chi connectivity index (χ4n) is 3.61. The minimum absolute atomic E-state index is 0.0850. The molecule has 2 aromatic carbocycles. The Bertz CT molecular complexity index is 966. The van der Waals surface area contributed by atoms with Gasteiger partial charge in [0.15, 0.2) is 17.3 Å². The van der Waals surface area contributed by atoms with Crippen LogP contribution in [0.4, 0.5) is 4.39 Å². The highest BCUT2D eigenvalue weighted by atomic mass is 19.1. The topological polar surface area (TPSA) is 55.8 Å². The molecule has 3 rings (SSSR count). The highest BCUT2D eigenvalue weighted by Crippen LogP contribution is 2.35. The number of rotatable bonds is 6. The summed E-state index contributed by atoms with van der Waals surface area (Å²) < 4.78 is 24.0. The van der Waals surface area contributed by atoms with Crippen LogP contribution < -0.4 is 9.47 Å². The van der Waals surface area contributed by atoms with Crippen LogP contribution in [0.2, 0.25) is 0 Å². The molecule has 0 spiro atoms. The van der Waals surface area contributed by atoms with E-state index >= 15 is 0 Å². The Morgan fingerprint density at radius 2 is 1.76 bits per heavy atom. The van der Waals surface area contributed by atoms with Crippen molar-refractivity contribution in [2.75, 3.05) is 21.3 Å². The van der Waals surface area contributed by atoms with Crippen LogP contribution in [0, 0.1) is 12.7 Å². The lowest BCUT2D eigenvalue weighted by Gasteiger charge is -2.33. The minimum Gasteiger partial charge on any atom is -0.493 e. The van der Waals surface area contributed by atoms with Crippen molar-refractivity contribution in [1.82, 2.24) is 4.90 Å². The summed E-state index contributed by atoms with van der Waals surface area (Å²) in [5.74, 6) is 0.622. The number of hydrogen-bond acceptors (Lipinski definition) is 4. The van der Waals surface area contributed by atoms with Crippen molar-refractivity contribution in [2.24, 2.45) is 0 Å². The number of aryl methyl sites for hydroxylation is 1. The lowest BCUT2D eigenvalue weighted by molar-refractivity contribution is -0.131. The van der Waals surface area contributed by atoms with Crippen molar-refractivity contribution in [3.05, 3.63) is 70.6 Å². The number of hydrogen-bond donors (Lipinski definition) is 0. The number of Topliss-reactive ketones (excluding diaryl/α,β-unsaturated/α-hetero) is 1. The second kappa shape index (κ2) is 8.47. The summed E-state index contributed by atoms with van der Waals surface area (Å²) in [6.07, 6.45) is 2.02. The molecule has 1 atom stereocenters. The Balaban J connectivity index is 1.94. The van der Waals surface area contributed by atoms with Gasteiger partial charge >= 0.3 is 0 Å². The van der Waals surface area contributed by atoms with Crippen LogP contribution in [0.5, 0.6) is 11.5 Å². The number of halogens is 1. The van der Waals surface area contributed by atoms with Gasteiger partial charge in [0.25, 0.3) is 0 Å². The molecule has 1 amide bonds. The Morgan fingerprint density at radius 1 is 1.14 bits per heavy atom. The molecule has 29 heavy (non-hydrogen) atoms. The third-order valence-corrected chi connectivity index (χ3v) is 5.27. The van der Waals surface area contributed by atoms with E-state index in [1.54, 1.807) is 50.4 Å². The number of benzene rings is 2. The van der Waals surface area contributed by atoms with Gasteiger partial charge in [-0.15, -0.1) is 0 Å². The summed E-state index contributed by atoms with van der Waals surface area (Å²) in [5.41, 5.74) is 2.97. The normalized spacial score (nSPS) is 16.4. The molecule has 0 bridgehead atoms. The highest BCUT2D eigenvalue weighted by molar-refractivity contribution is 6.00. The summed E-state index contributed by atoms with van der Waals surface area (Å²) in [7, 11) is 4.78. The van der Waals surface area contributed by atoms with E-state index in [0.29, 0.717) is 22.6 Å². The number of carbonyl (C=O) groups excluding carboxylic acids is 2. The first-order chi connectivity index (χ1) is 13.8. The van der Waals surface area contributed by atoms with Crippen LogP contribution in [-0.2, 0) is 16.0 Å². The fraction of sp³-hybridized carbons (Fsp3) is 0.304. The van der Waals surface area contributed by atoms with Crippen LogP contribution in [-0.4, -0.2) is 37.9 Å². The van der Waals surface area contributed by atoms with Gasteiger partial charge in [0, 0.05) is 25.5 Å². The monoisotopic (exact) mass is 397 g/mol. The molecule has 1 aliphatic rings. The average Bonchev–Trinajstić information content (AvgIpc) is 2.71. The molecule has 0 aromatic heterocycles. The Kier molecular flexibility index (Phi) is 6.01. The molecule has 0 radical (unpaired) electrons. The van der Waals surface area contributed by atoms with E-state index in [0.717, 1.165) is 11.1 Å². The second-order valence-electron chi connectivity index (χ2n) is 7.06. The van der Waals surface area contributed by atoms with Crippen LogP contribution in [0.25, 0.3) is 0 Å². The first kappa shape index (κ1) is 20.6. The molecular weight excluding hydrogens is 373 g/mol. The zero-order valence-corrected chi connectivity index (χ0v) is 17.0. The molecule has 2 aromatic rings. The van der Waals surface area contributed by atoms with Gasteiger partial charge < -0.3 is 14.4 Å². The number of amides is 1. The van der Waals surface area contributed by atoms with Crippen LogP contribution in [0.15, 0.2) is 48.0 Å². The SMILES string of the molecule is COc1cc(C)c(CC(=O)C2=CCC(=O)N(C)C2c2ccc(F)cc2)cc1OC. The maximum atomic E-state index is 13.4. The molecule has 0 saturated heterocycles. The van der Waals surface area contributed by atoms with Gasteiger partial charge in [-0.3, -0.25) is 9.59 Å². The smallest absolute Gasteiger partial charge is 0.226 e. The van der Waals surface area contributed by atoms with E-state index in [9.17, 15) is 14.0 Å². The third kappa shape index (κ3) is 4.16. The Hall–Kier alpha value is -3.15. The molecule has 0 saturated carbocycles. The fourth-order valence-corrected chi connectivity index (χ4v) is 3.61. The lowest BCUT2D eigenvalue weighted by Crippen LogP contribution is -2.37. The molecule has 0 aliphatic carbocycles. The first-order valence-electron chi connectivity index (χ1n) is 9.31. The van der Waals surface area contributed by atoms with Crippen molar-refractivity contribution in [3.8, 4) is 11.5 Å². The summed E-state index contributed by atoms with van der Waals surface area (Å²) in [6.45, 7) is 1.91. The molecular formula is C23H24FNO4. The molecule has 1 unspecified atom stereocenters. The van der Waals surface area contributed by atoms with E-state index in [4.69, 9.17) is 9.47 Å². The van der Waals surface area contributed by atoms with Crippen molar-refractivity contribution in [2.45, 2.75) is 25.8 Å². The lowest BCUT2D eigenvalue weighted by atomic mass is 9.87. The van der Waals surface area contributed by atoms with Gasteiger partial charge in [0.2, 0.25) is 5.91 Å². The number of likely N-dealkylation sites (N-methyl/N-ethyl adjacent to an activating group) is 1. The Morgan fingerprint density at radius 3 is 2.38 bits per heavy atom. The van der Waals surface area contributed by atoms with E-state index in [1.165, 1.54) is 12.1 Å². The molecule has 152 valence electrons. The quantitative estimate of drug-likeness (QED) is 0.744. The van der Waals surface area contributed by atoms with Crippen molar-refractivity contribution < 1.29 is 23.5 Å². The number of ether oxygens (including phenoxy) is 2. The van der Waals surface area contributed by atoms with Crippen LogP contribution in [0.3, 0.4) is 0 Å². The van der Waals surface area contributed by atoms with Crippen LogP contribution in [0.1, 0.15) is 29.2 Å². The summed E-state index contributed by atoms with van der Waals surface area (Å²) in [6, 6.07) is 8.99. The van der Waals surface area contributed by atoms with E-state index in [1.807, 2.05) is 13.0 Å².